The summed E-state index contributed by atoms with van der Waals surface area (Å²) in [6.07, 6.45) is -4.83. The average Bonchev–Trinajstić information content (AvgIpc) is 3.56. The number of aromatic nitrogens is 2. The Kier molecular flexibility index (Phi) is 7.15. The smallest absolute Gasteiger partial charge is 0.435 e. The summed E-state index contributed by atoms with van der Waals surface area (Å²) in [5, 5.41) is 3.87. The first-order valence-corrected chi connectivity index (χ1v) is 13.5. The van der Waals surface area contributed by atoms with E-state index in [9.17, 15) is 18.0 Å². The summed E-state index contributed by atoms with van der Waals surface area (Å²) in [7, 11) is 0. The molecule has 6 nitrogen and oxygen atoms in total. The minimum atomic E-state index is -4.54. The highest BCUT2D eigenvalue weighted by atomic mass is 32.1. The van der Waals surface area contributed by atoms with E-state index in [2.05, 4.69) is 10.00 Å². The molecule has 1 aliphatic heterocycles. The lowest BCUT2D eigenvalue weighted by molar-refractivity contribution is -0.141. The maximum Gasteiger partial charge on any atom is 0.435 e. The first-order valence-electron chi connectivity index (χ1n) is 12.6. The van der Waals surface area contributed by atoms with E-state index in [1.54, 1.807) is 29.2 Å². The lowest BCUT2D eigenvalue weighted by Gasteiger charge is -2.36. The summed E-state index contributed by atoms with van der Waals surface area (Å²) < 4.78 is 47.3. The lowest BCUT2D eigenvalue weighted by atomic mass is 10.1. The summed E-state index contributed by atoms with van der Waals surface area (Å²) in [6.45, 7) is 8.14. The van der Waals surface area contributed by atoms with E-state index in [0.29, 0.717) is 42.4 Å². The third-order valence-electron chi connectivity index (χ3n) is 6.31. The third kappa shape index (κ3) is 6.11. The SMILES string of the molecule is CC(C)(C)OC(=O)N1CCN(c2ccc(-c3ccc(-c4cc(C(F)(F)F)nn4-c4ccccc4)s3)cc2)CC1. The summed E-state index contributed by atoms with van der Waals surface area (Å²) in [4.78, 5) is 17.9. The molecule has 0 aliphatic carbocycles. The average molecular weight is 555 g/mol. The quantitative estimate of drug-likeness (QED) is 0.265. The number of rotatable bonds is 4. The van der Waals surface area contributed by atoms with Gasteiger partial charge in [0.25, 0.3) is 0 Å². The minimum absolute atomic E-state index is 0.290. The predicted octanol–water partition coefficient (Wildman–Crippen LogP) is 7.34. The highest BCUT2D eigenvalue weighted by Crippen LogP contribution is 2.39. The number of alkyl halides is 3. The van der Waals surface area contributed by atoms with Crippen LogP contribution in [-0.4, -0.2) is 52.6 Å². The van der Waals surface area contributed by atoms with Crippen LogP contribution >= 0.6 is 11.3 Å². The molecule has 0 radical (unpaired) electrons. The molecular weight excluding hydrogens is 525 g/mol. The van der Waals surface area contributed by atoms with E-state index in [4.69, 9.17) is 4.74 Å². The van der Waals surface area contributed by atoms with Crippen LogP contribution in [0.25, 0.3) is 26.7 Å². The van der Waals surface area contributed by atoms with E-state index >= 15 is 0 Å². The molecule has 204 valence electrons. The van der Waals surface area contributed by atoms with Gasteiger partial charge in [-0.3, -0.25) is 0 Å². The maximum absolute atomic E-state index is 13.5. The van der Waals surface area contributed by atoms with Gasteiger partial charge in [-0.1, -0.05) is 30.3 Å². The van der Waals surface area contributed by atoms with Gasteiger partial charge in [0.2, 0.25) is 0 Å². The van der Waals surface area contributed by atoms with Crippen LogP contribution in [0.4, 0.5) is 23.7 Å². The van der Waals surface area contributed by atoms with Crippen molar-refractivity contribution < 1.29 is 22.7 Å². The van der Waals surface area contributed by atoms with E-state index in [1.165, 1.54) is 16.0 Å². The lowest BCUT2D eigenvalue weighted by Crippen LogP contribution is -2.50. The number of halogens is 3. The molecule has 10 heteroatoms. The monoisotopic (exact) mass is 554 g/mol. The first-order chi connectivity index (χ1) is 18.5. The van der Waals surface area contributed by atoms with Crippen LogP contribution in [0.15, 0.2) is 72.8 Å². The van der Waals surface area contributed by atoms with Gasteiger partial charge in [0.1, 0.15) is 5.60 Å². The van der Waals surface area contributed by atoms with Crippen LogP contribution < -0.4 is 4.90 Å². The molecule has 1 amide bonds. The Morgan fingerprint density at radius 3 is 2.10 bits per heavy atom. The van der Waals surface area contributed by atoms with Gasteiger partial charge in [0.15, 0.2) is 5.69 Å². The predicted molar refractivity (Wildman–Crippen MR) is 147 cm³/mol. The van der Waals surface area contributed by atoms with Crippen LogP contribution in [-0.2, 0) is 10.9 Å². The van der Waals surface area contributed by atoms with E-state index in [1.807, 2.05) is 63.2 Å². The van der Waals surface area contributed by atoms with Crippen molar-refractivity contribution in [3.05, 3.63) is 78.5 Å². The fourth-order valence-electron chi connectivity index (χ4n) is 4.40. The number of benzene rings is 2. The Bertz CT molecular complexity index is 1430. The molecule has 1 aliphatic rings. The molecule has 2 aromatic heterocycles. The standard InChI is InChI=1S/C29H29F3N4O2S/c1-28(2,3)38-27(37)35-17-15-34(16-18-35)21-11-9-20(10-12-21)24-13-14-25(39-24)23-19-26(29(30,31)32)33-36(23)22-7-5-4-6-8-22/h4-14,19H,15-18H2,1-3H3. The number of nitrogens with zero attached hydrogens (tertiary/aromatic N) is 4. The highest BCUT2D eigenvalue weighted by Gasteiger charge is 2.35. The van der Waals surface area contributed by atoms with Gasteiger partial charge in [-0.15, -0.1) is 11.3 Å². The number of piperazine rings is 1. The number of carbonyl (C=O) groups excluding carboxylic acids is 1. The van der Waals surface area contributed by atoms with Crippen molar-refractivity contribution >= 4 is 23.1 Å². The molecule has 0 saturated carbocycles. The second-order valence-corrected chi connectivity index (χ2v) is 11.4. The molecule has 0 atom stereocenters. The number of carbonyl (C=O) groups is 1. The number of anilines is 1. The largest absolute Gasteiger partial charge is 0.444 e. The van der Waals surface area contributed by atoms with Crippen molar-refractivity contribution in [1.29, 1.82) is 0 Å². The molecule has 0 spiro atoms. The van der Waals surface area contributed by atoms with Crippen molar-refractivity contribution in [2.75, 3.05) is 31.1 Å². The molecular formula is C29H29F3N4O2S. The van der Waals surface area contributed by atoms with Crippen molar-refractivity contribution in [2.24, 2.45) is 0 Å². The highest BCUT2D eigenvalue weighted by molar-refractivity contribution is 7.18. The molecule has 0 N–H and O–H groups in total. The van der Waals surface area contributed by atoms with Crippen LogP contribution in [0.3, 0.4) is 0 Å². The summed E-state index contributed by atoms with van der Waals surface area (Å²) in [6, 6.07) is 21.8. The van der Waals surface area contributed by atoms with Gasteiger partial charge in [0.05, 0.1) is 16.3 Å². The Morgan fingerprint density at radius 1 is 0.846 bits per heavy atom. The van der Waals surface area contributed by atoms with Gasteiger partial charge < -0.3 is 14.5 Å². The van der Waals surface area contributed by atoms with E-state index in [-0.39, 0.29) is 6.09 Å². The molecule has 1 fully saturated rings. The Hall–Kier alpha value is -3.79. The van der Waals surface area contributed by atoms with Gasteiger partial charge in [-0.05, 0) is 68.8 Å². The third-order valence-corrected chi connectivity index (χ3v) is 7.46. The van der Waals surface area contributed by atoms with E-state index < -0.39 is 17.5 Å². The number of thiophene rings is 1. The van der Waals surface area contributed by atoms with Crippen LogP contribution in [0.5, 0.6) is 0 Å². The molecule has 5 rings (SSSR count). The fourth-order valence-corrected chi connectivity index (χ4v) is 5.42. The number of amides is 1. The summed E-state index contributed by atoms with van der Waals surface area (Å²) in [5.74, 6) is 0. The normalized spacial score (nSPS) is 14.5. The fraction of sp³-hybridized carbons (Fsp3) is 0.310. The van der Waals surface area contributed by atoms with Crippen LogP contribution in [0.2, 0.25) is 0 Å². The topological polar surface area (TPSA) is 50.6 Å². The van der Waals surface area contributed by atoms with Crippen molar-refractivity contribution in [3.63, 3.8) is 0 Å². The first kappa shape index (κ1) is 26.8. The van der Waals surface area contributed by atoms with Crippen LogP contribution in [0, 0.1) is 0 Å². The number of ether oxygens (including phenoxy) is 1. The maximum atomic E-state index is 13.5. The summed E-state index contributed by atoms with van der Waals surface area (Å²) in [5.41, 5.74) is 1.54. The van der Waals surface area contributed by atoms with Crippen LogP contribution in [0.1, 0.15) is 26.5 Å². The Morgan fingerprint density at radius 2 is 1.49 bits per heavy atom. The van der Waals surface area contributed by atoms with Crippen molar-refractivity contribution in [3.8, 4) is 26.7 Å². The molecule has 3 heterocycles. The number of hydrogen-bond acceptors (Lipinski definition) is 5. The zero-order valence-corrected chi connectivity index (χ0v) is 22.7. The van der Waals surface area contributed by atoms with Crippen molar-refractivity contribution in [1.82, 2.24) is 14.7 Å². The molecule has 2 aromatic carbocycles. The summed E-state index contributed by atoms with van der Waals surface area (Å²) >= 11 is 1.42. The van der Waals surface area contributed by atoms with Gasteiger partial charge >= 0.3 is 12.3 Å². The Balaban J connectivity index is 1.31. The van der Waals surface area contributed by atoms with Crippen molar-refractivity contribution in [2.45, 2.75) is 32.5 Å². The zero-order chi connectivity index (χ0) is 27.8. The Labute approximate surface area is 229 Å². The molecule has 0 unspecified atom stereocenters. The molecule has 4 aromatic rings. The zero-order valence-electron chi connectivity index (χ0n) is 21.9. The van der Waals surface area contributed by atoms with Gasteiger partial charge in [0, 0.05) is 36.7 Å². The van der Waals surface area contributed by atoms with Gasteiger partial charge in [-0.25, -0.2) is 9.48 Å². The molecule has 0 bridgehead atoms. The molecule has 39 heavy (non-hydrogen) atoms. The van der Waals surface area contributed by atoms with Gasteiger partial charge in [-0.2, -0.15) is 18.3 Å². The number of hydrogen-bond donors (Lipinski definition) is 0. The van der Waals surface area contributed by atoms with E-state index in [0.717, 1.165) is 22.2 Å². The minimum Gasteiger partial charge on any atom is -0.444 e. The second kappa shape index (κ2) is 10.4. The molecule has 1 saturated heterocycles. The number of para-hydroxylation sites is 1. The second-order valence-electron chi connectivity index (χ2n) is 10.3.